The van der Waals surface area contributed by atoms with Crippen molar-refractivity contribution in [2.45, 2.75) is 39.2 Å². The van der Waals surface area contributed by atoms with Gasteiger partial charge in [0.05, 0.1) is 6.61 Å². The van der Waals surface area contributed by atoms with Crippen LogP contribution in [0.4, 0.5) is 0 Å². The van der Waals surface area contributed by atoms with Crippen molar-refractivity contribution in [1.82, 2.24) is 5.32 Å². The van der Waals surface area contributed by atoms with E-state index in [4.69, 9.17) is 4.74 Å². The highest BCUT2D eigenvalue weighted by Gasteiger charge is 2.20. The van der Waals surface area contributed by atoms with Crippen molar-refractivity contribution in [3.8, 4) is 0 Å². The molecule has 1 N–H and O–H groups in total. The average molecular weight is 171 g/mol. The lowest BCUT2D eigenvalue weighted by atomic mass is 9.93. The second-order valence-corrected chi connectivity index (χ2v) is 3.76. The van der Waals surface area contributed by atoms with Crippen LogP contribution in [0.2, 0.25) is 0 Å². The molecule has 1 saturated heterocycles. The molecular weight excluding hydrogens is 150 g/mol. The van der Waals surface area contributed by atoms with Crippen LogP contribution in [-0.4, -0.2) is 25.8 Å². The lowest BCUT2D eigenvalue weighted by Gasteiger charge is -2.29. The largest absolute Gasteiger partial charge is 0.380 e. The number of rotatable bonds is 4. The van der Waals surface area contributed by atoms with Gasteiger partial charge in [-0.05, 0) is 31.7 Å². The Bertz CT molecular complexity index is 116. The lowest BCUT2D eigenvalue weighted by Crippen LogP contribution is -2.43. The first-order valence-corrected chi connectivity index (χ1v) is 5.15. The van der Waals surface area contributed by atoms with Gasteiger partial charge in [-0.2, -0.15) is 0 Å². The molecule has 2 nitrogen and oxygen atoms in total. The molecule has 0 aromatic rings. The third-order valence-corrected chi connectivity index (χ3v) is 2.58. The SMILES string of the molecule is CCCOCC1NCCCC1C. The topological polar surface area (TPSA) is 21.3 Å². The minimum absolute atomic E-state index is 0.602. The van der Waals surface area contributed by atoms with E-state index in [2.05, 4.69) is 19.2 Å². The maximum absolute atomic E-state index is 5.53. The average Bonchev–Trinajstić information content (AvgIpc) is 2.09. The zero-order chi connectivity index (χ0) is 8.81. The van der Waals surface area contributed by atoms with Gasteiger partial charge in [0.1, 0.15) is 0 Å². The molecule has 0 aliphatic carbocycles. The lowest BCUT2D eigenvalue weighted by molar-refractivity contribution is 0.0864. The summed E-state index contributed by atoms with van der Waals surface area (Å²) in [6.07, 6.45) is 3.81. The van der Waals surface area contributed by atoms with Crippen LogP contribution in [0.25, 0.3) is 0 Å². The molecule has 2 atom stereocenters. The molecule has 0 aromatic heterocycles. The second kappa shape index (κ2) is 5.55. The first kappa shape index (κ1) is 10.0. The minimum atomic E-state index is 0.602. The molecule has 0 saturated carbocycles. The molecule has 12 heavy (non-hydrogen) atoms. The maximum Gasteiger partial charge on any atom is 0.0622 e. The molecule has 0 aromatic carbocycles. The van der Waals surface area contributed by atoms with Crippen molar-refractivity contribution in [3.05, 3.63) is 0 Å². The summed E-state index contributed by atoms with van der Waals surface area (Å²) >= 11 is 0. The van der Waals surface area contributed by atoms with E-state index in [9.17, 15) is 0 Å². The van der Waals surface area contributed by atoms with E-state index in [1.807, 2.05) is 0 Å². The normalized spacial score (nSPS) is 30.5. The molecule has 0 radical (unpaired) electrons. The van der Waals surface area contributed by atoms with E-state index in [-0.39, 0.29) is 0 Å². The number of ether oxygens (including phenoxy) is 1. The third-order valence-electron chi connectivity index (χ3n) is 2.58. The Balaban J connectivity index is 2.11. The van der Waals surface area contributed by atoms with E-state index in [1.165, 1.54) is 19.4 Å². The van der Waals surface area contributed by atoms with Gasteiger partial charge in [-0.1, -0.05) is 13.8 Å². The van der Waals surface area contributed by atoms with Gasteiger partial charge in [-0.3, -0.25) is 0 Å². The Morgan fingerprint density at radius 2 is 2.33 bits per heavy atom. The van der Waals surface area contributed by atoms with E-state index in [0.29, 0.717) is 6.04 Å². The first-order chi connectivity index (χ1) is 5.84. The van der Waals surface area contributed by atoms with Crippen molar-refractivity contribution in [3.63, 3.8) is 0 Å². The Labute approximate surface area is 75.7 Å². The fourth-order valence-corrected chi connectivity index (χ4v) is 1.69. The summed E-state index contributed by atoms with van der Waals surface area (Å²) in [4.78, 5) is 0. The maximum atomic E-state index is 5.53. The highest BCUT2D eigenvalue weighted by molar-refractivity contribution is 4.77. The molecule has 1 aliphatic heterocycles. The molecule has 0 bridgehead atoms. The molecule has 1 heterocycles. The quantitative estimate of drug-likeness (QED) is 0.651. The van der Waals surface area contributed by atoms with Gasteiger partial charge < -0.3 is 10.1 Å². The predicted molar refractivity (Wildman–Crippen MR) is 51.3 cm³/mol. The number of hydrogen-bond acceptors (Lipinski definition) is 2. The van der Waals surface area contributed by atoms with Crippen LogP contribution in [-0.2, 0) is 4.74 Å². The van der Waals surface area contributed by atoms with Crippen molar-refractivity contribution in [2.24, 2.45) is 5.92 Å². The van der Waals surface area contributed by atoms with Crippen LogP contribution in [0.5, 0.6) is 0 Å². The molecule has 0 amide bonds. The molecular formula is C10H21NO. The molecule has 1 aliphatic rings. The Morgan fingerprint density at radius 1 is 1.50 bits per heavy atom. The van der Waals surface area contributed by atoms with Crippen molar-refractivity contribution < 1.29 is 4.74 Å². The fourth-order valence-electron chi connectivity index (χ4n) is 1.69. The molecule has 1 fully saturated rings. The summed E-state index contributed by atoms with van der Waals surface area (Å²) in [5.41, 5.74) is 0. The Kier molecular flexibility index (Phi) is 4.62. The van der Waals surface area contributed by atoms with Crippen LogP contribution in [0.15, 0.2) is 0 Å². The van der Waals surface area contributed by atoms with E-state index in [1.54, 1.807) is 0 Å². The van der Waals surface area contributed by atoms with Crippen LogP contribution < -0.4 is 5.32 Å². The summed E-state index contributed by atoms with van der Waals surface area (Å²) in [6.45, 7) is 7.44. The summed E-state index contributed by atoms with van der Waals surface area (Å²) in [5, 5.41) is 3.50. The van der Waals surface area contributed by atoms with Gasteiger partial charge >= 0.3 is 0 Å². The summed E-state index contributed by atoms with van der Waals surface area (Å²) < 4.78 is 5.53. The van der Waals surface area contributed by atoms with Crippen LogP contribution >= 0.6 is 0 Å². The molecule has 1 rings (SSSR count). The molecule has 2 heteroatoms. The third kappa shape index (κ3) is 3.11. The summed E-state index contributed by atoms with van der Waals surface area (Å²) in [5.74, 6) is 0.788. The van der Waals surface area contributed by atoms with E-state index < -0.39 is 0 Å². The van der Waals surface area contributed by atoms with Crippen LogP contribution in [0, 0.1) is 5.92 Å². The predicted octanol–water partition coefficient (Wildman–Crippen LogP) is 1.80. The van der Waals surface area contributed by atoms with E-state index in [0.717, 1.165) is 25.6 Å². The minimum Gasteiger partial charge on any atom is -0.380 e. The smallest absolute Gasteiger partial charge is 0.0622 e. The standard InChI is InChI=1S/C10H21NO/c1-3-7-12-8-10-9(2)5-4-6-11-10/h9-11H,3-8H2,1-2H3. The fraction of sp³-hybridized carbons (Fsp3) is 1.00. The van der Waals surface area contributed by atoms with Crippen molar-refractivity contribution in [1.29, 1.82) is 0 Å². The van der Waals surface area contributed by atoms with Gasteiger partial charge in [-0.15, -0.1) is 0 Å². The molecule has 2 unspecified atom stereocenters. The van der Waals surface area contributed by atoms with Gasteiger partial charge in [0, 0.05) is 12.6 Å². The zero-order valence-corrected chi connectivity index (χ0v) is 8.31. The molecule has 72 valence electrons. The highest BCUT2D eigenvalue weighted by Crippen LogP contribution is 2.15. The highest BCUT2D eigenvalue weighted by atomic mass is 16.5. The van der Waals surface area contributed by atoms with Crippen molar-refractivity contribution in [2.75, 3.05) is 19.8 Å². The number of piperidine rings is 1. The van der Waals surface area contributed by atoms with Gasteiger partial charge in [0.15, 0.2) is 0 Å². The molecule has 0 spiro atoms. The Hall–Kier alpha value is -0.0800. The number of hydrogen-bond donors (Lipinski definition) is 1. The van der Waals surface area contributed by atoms with Gasteiger partial charge in [0.2, 0.25) is 0 Å². The second-order valence-electron chi connectivity index (χ2n) is 3.76. The Morgan fingerprint density at radius 3 is 3.00 bits per heavy atom. The van der Waals surface area contributed by atoms with Crippen LogP contribution in [0.1, 0.15) is 33.1 Å². The summed E-state index contributed by atoms with van der Waals surface area (Å²) in [6, 6.07) is 0.602. The first-order valence-electron chi connectivity index (χ1n) is 5.15. The summed E-state index contributed by atoms with van der Waals surface area (Å²) in [7, 11) is 0. The number of nitrogens with one attached hydrogen (secondary N) is 1. The monoisotopic (exact) mass is 171 g/mol. The van der Waals surface area contributed by atoms with E-state index >= 15 is 0 Å². The zero-order valence-electron chi connectivity index (χ0n) is 8.31. The van der Waals surface area contributed by atoms with Crippen LogP contribution in [0.3, 0.4) is 0 Å². The van der Waals surface area contributed by atoms with Crippen molar-refractivity contribution >= 4 is 0 Å². The van der Waals surface area contributed by atoms with Gasteiger partial charge in [-0.25, -0.2) is 0 Å². The van der Waals surface area contributed by atoms with Gasteiger partial charge in [0.25, 0.3) is 0 Å².